The fraction of sp³-hybridized carbons (Fsp3) is 0.261. The maximum absolute atomic E-state index is 12.9. The molecular formula is C23H25BrN2O4. The van der Waals surface area contributed by atoms with Gasteiger partial charge in [0.25, 0.3) is 5.91 Å². The second-order valence-corrected chi connectivity index (χ2v) is 7.28. The summed E-state index contributed by atoms with van der Waals surface area (Å²) >= 11 is 3.38. The van der Waals surface area contributed by atoms with Gasteiger partial charge in [-0.2, -0.15) is 0 Å². The Kier molecular flexibility index (Phi) is 8.35. The molecular weight excluding hydrogens is 448 g/mol. The van der Waals surface area contributed by atoms with Crippen LogP contribution in [0.2, 0.25) is 0 Å². The summed E-state index contributed by atoms with van der Waals surface area (Å²) in [7, 11) is 1.24. The molecule has 2 aromatic carbocycles. The van der Waals surface area contributed by atoms with Crippen LogP contribution in [0.15, 0.2) is 64.0 Å². The Morgan fingerprint density at radius 2 is 1.80 bits per heavy atom. The molecule has 0 saturated carbocycles. The van der Waals surface area contributed by atoms with E-state index in [-0.39, 0.29) is 5.56 Å². The Morgan fingerprint density at radius 3 is 2.43 bits per heavy atom. The number of benzene rings is 2. The number of hydrogen-bond acceptors (Lipinski definition) is 4. The van der Waals surface area contributed by atoms with Gasteiger partial charge in [-0.15, -0.1) is 0 Å². The molecule has 0 aliphatic rings. The van der Waals surface area contributed by atoms with Crippen molar-refractivity contribution in [3.8, 4) is 0 Å². The number of pyridine rings is 1. The number of nitrogens with one attached hydrogen (secondary N) is 1. The summed E-state index contributed by atoms with van der Waals surface area (Å²) < 4.78 is 7.22. The molecule has 7 heteroatoms. The molecule has 0 spiro atoms. The fourth-order valence-electron chi connectivity index (χ4n) is 2.95. The zero-order chi connectivity index (χ0) is 22.3. The number of carbonyl (C=O) groups excluding carboxylic acids is 2. The fourth-order valence-corrected chi connectivity index (χ4v) is 3.31. The quantitative estimate of drug-likeness (QED) is 0.566. The summed E-state index contributed by atoms with van der Waals surface area (Å²) in [6.07, 6.45) is 1.53. The van der Waals surface area contributed by atoms with Crippen LogP contribution in [0.1, 0.15) is 36.7 Å². The van der Waals surface area contributed by atoms with Gasteiger partial charge in [-0.1, -0.05) is 60.1 Å². The lowest BCUT2D eigenvalue weighted by atomic mass is 10.1. The zero-order valence-corrected chi connectivity index (χ0v) is 19.0. The van der Waals surface area contributed by atoms with Crippen molar-refractivity contribution in [2.24, 2.45) is 0 Å². The molecule has 0 radical (unpaired) electrons. The van der Waals surface area contributed by atoms with Crippen LogP contribution in [0.5, 0.6) is 0 Å². The number of carbonyl (C=O) groups is 2. The van der Waals surface area contributed by atoms with E-state index >= 15 is 0 Å². The van der Waals surface area contributed by atoms with Gasteiger partial charge in [0.15, 0.2) is 0 Å². The zero-order valence-electron chi connectivity index (χ0n) is 17.4. The van der Waals surface area contributed by atoms with Crippen molar-refractivity contribution in [1.82, 2.24) is 9.88 Å². The number of nitrogens with zero attached hydrogens (tertiary/aromatic N) is 1. The van der Waals surface area contributed by atoms with Gasteiger partial charge in [0, 0.05) is 22.6 Å². The van der Waals surface area contributed by atoms with Gasteiger partial charge in [0.2, 0.25) is 5.43 Å². The Balaban J connectivity index is 0.00000155. The number of fused-ring (bicyclic) bond motifs is 1. The molecule has 0 aliphatic heterocycles. The third-order valence-corrected chi connectivity index (χ3v) is 4.88. The van der Waals surface area contributed by atoms with E-state index in [0.29, 0.717) is 11.9 Å². The van der Waals surface area contributed by atoms with Crippen LogP contribution in [0.25, 0.3) is 10.9 Å². The predicted molar refractivity (Wildman–Crippen MR) is 122 cm³/mol. The highest BCUT2D eigenvalue weighted by atomic mass is 79.9. The van der Waals surface area contributed by atoms with Crippen molar-refractivity contribution in [2.75, 3.05) is 7.11 Å². The van der Waals surface area contributed by atoms with E-state index in [1.807, 2.05) is 60.9 Å². The highest BCUT2D eigenvalue weighted by molar-refractivity contribution is 9.10. The third-order valence-electron chi connectivity index (χ3n) is 4.38. The number of ether oxygens (including phenoxy) is 1. The van der Waals surface area contributed by atoms with Crippen LogP contribution in [0.4, 0.5) is 0 Å². The molecule has 1 atom stereocenters. The minimum atomic E-state index is -0.863. The van der Waals surface area contributed by atoms with Crippen molar-refractivity contribution < 1.29 is 14.3 Å². The summed E-state index contributed by atoms with van der Waals surface area (Å²) in [6, 6.07) is 14.3. The Labute approximate surface area is 184 Å². The van der Waals surface area contributed by atoms with E-state index in [2.05, 4.69) is 26.0 Å². The number of methoxy groups -OCH3 is 1. The first kappa shape index (κ1) is 23.3. The predicted octanol–water partition coefficient (Wildman–Crippen LogP) is 4.13. The van der Waals surface area contributed by atoms with Gasteiger partial charge in [-0.25, -0.2) is 4.79 Å². The summed E-state index contributed by atoms with van der Waals surface area (Å²) in [6.45, 7) is 6.00. The van der Waals surface area contributed by atoms with Crippen LogP contribution in [-0.2, 0) is 16.1 Å². The molecule has 6 nitrogen and oxygen atoms in total. The first-order chi connectivity index (χ1) is 14.4. The largest absolute Gasteiger partial charge is 0.467 e. The molecule has 0 aliphatic carbocycles. The Hall–Kier alpha value is -2.93. The SMILES string of the molecule is CC.COC(=O)[C@H](C)NC(=O)c1cn(Cc2ccccc2)c2ccc(Br)cc2c1=O. The first-order valence-electron chi connectivity index (χ1n) is 9.66. The molecule has 0 unspecified atom stereocenters. The van der Waals surface area contributed by atoms with Crippen molar-refractivity contribution in [3.05, 3.63) is 80.6 Å². The van der Waals surface area contributed by atoms with E-state index in [4.69, 9.17) is 0 Å². The maximum Gasteiger partial charge on any atom is 0.328 e. The Morgan fingerprint density at radius 1 is 1.13 bits per heavy atom. The lowest BCUT2D eigenvalue weighted by molar-refractivity contribution is -0.142. The average Bonchev–Trinajstić information content (AvgIpc) is 2.77. The number of esters is 1. The molecule has 1 aromatic heterocycles. The third kappa shape index (κ3) is 5.36. The number of halogens is 1. The van der Waals surface area contributed by atoms with E-state index < -0.39 is 23.3 Å². The molecule has 0 bridgehead atoms. The van der Waals surface area contributed by atoms with Gasteiger partial charge >= 0.3 is 5.97 Å². The number of hydrogen-bond donors (Lipinski definition) is 1. The number of amides is 1. The molecule has 1 amide bonds. The van der Waals surface area contributed by atoms with Crippen molar-refractivity contribution in [3.63, 3.8) is 0 Å². The molecule has 3 aromatic rings. The normalized spacial score (nSPS) is 11.2. The lowest BCUT2D eigenvalue weighted by Gasteiger charge is -2.15. The molecule has 1 heterocycles. The van der Waals surface area contributed by atoms with Gasteiger partial charge < -0.3 is 14.6 Å². The Bertz CT molecular complexity index is 1090. The summed E-state index contributed by atoms with van der Waals surface area (Å²) in [5.41, 5.74) is 1.33. The van der Waals surface area contributed by atoms with Crippen LogP contribution in [-0.4, -0.2) is 29.6 Å². The van der Waals surface area contributed by atoms with Crippen LogP contribution in [0.3, 0.4) is 0 Å². The first-order valence-corrected chi connectivity index (χ1v) is 10.5. The van der Waals surface area contributed by atoms with Gasteiger partial charge in [0.1, 0.15) is 11.6 Å². The topological polar surface area (TPSA) is 77.4 Å². The van der Waals surface area contributed by atoms with Crippen molar-refractivity contribution in [1.29, 1.82) is 0 Å². The summed E-state index contributed by atoms with van der Waals surface area (Å²) in [5, 5.41) is 2.94. The van der Waals surface area contributed by atoms with Crippen LogP contribution in [0, 0.1) is 0 Å². The molecule has 158 valence electrons. The monoisotopic (exact) mass is 472 g/mol. The van der Waals surface area contributed by atoms with Gasteiger partial charge in [-0.3, -0.25) is 9.59 Å². The van der Waals surface area contributed by atoms with Crippen LogP contribution >= 0.6 is 15.9 Å². The minimum absolute atomic E-state index is 0.0303. The van der Waals surface area contributed by atoms with Crippen LogP contribution < -0.4 is 10.7 Å². The number of rotatable bonds is 5. The van der Waals surface area contributed by atoms with E-state index in [1.165, 1.54) is 20.2 Å². The second-order valence-electron chi connectivity index (χ2n) is 6.37. The van der Waals surface area contributed by atoms with Gasteiger partial charge in [0.05, 0.1) is 12.6 Å². The summed E-state index contributed by atoms with van der Waals surface area (Å²) in [4.78, 5) is 37.2. The van der Waals surface area contributed by atoms with E-state index in [9.17, 15) is 14.4 Å². The van der Waals surface area contributed by atoms with E-state index in [0.717, 1.165) is 15.6 Å². The molecule has 1 N–H and O–H groups in total. The molecule has 3 rings (SSSR count). The maximum atomic E-state index is 12.9. The molecule has 30 heavy (non-hydrogen) atoms. The standard InChI is InChI=1S/C21H19BrN2O4.C2H6/c1-13(21(27)28-2)23-20(26)17-12-24(11-14-6-4-3-5-7-14)18-9-8-15(22)10-16(18)19(17)25;1-2/h3-10,12-13H,11H2,1-2H3,(H,23,26);1-2H3/t13-;/m0./s1. The minimum Gasteiger partial charge on any atom is -0.467 e. The molecule has 0 fully saturated rings. The average molecular weight is 473 g/mol. The van der Waals surface area contributed by atoms with Gasteiger partial charge in [-0.05, 0) is 30.7 Å². The lowest BCUT2D eigenvalue weighted by Crippen LogP contribution is -2.41. The van der Waals surface area contributed by atoms with E-state index in [1.54, 1.807) is 6.07 Å². The summed E-state index contributed by atoms with van der Waals surface area (Å²) in [5.74, 6) is -1.20. The van der Waals surface area contributed by atoms with Crippen molar-refractivity contribution >= 4 is 38.7 Å². The number of aromatic nitrogens is 1. The molecule has 0 saturated heterocycles. The highest BCUT2D eigenvalue weighted by Crippen LogP contribution is 2.19. The smallest absolute Gasteiger partial charge is 0.328 e. The second kappa shape index (κ2) is 10.7. The van der Waals surface area contributed by atoms with Crippen molar-refractivity contribution in [2.45, 2.75) is 33.4 Å². The highest BCUT2D eigenvalue weighted by Gasteiger charge is 2.21.